The van der Waals surface area contributed by atoms with Crippen molar-refractivity contribution in [1.29, 1.82) is 0 Å². The van der Waals surface area contributed by atoms with Crippen LogP contribution in [0.15, 0.2) is 33.8 Å². The Hall–Kier alpha value is -1.61. The highest BCUT2D eigenvalue weighted by molar-refractivity contribution is 9.10. The third-order valence-corrected chi connectivity index (χ3v) is 5.05. The predicted octanol–water partition coefficient (Wildman–Crippen LogP) is 2.75. The van der Waals surface area contributed by atoms with E-state index in [1.165, 1.54) is 10.9 Å². The van der Waals surface area contributed by atoms with Gasteiger partial charge >= 0.3 is 0 Å². The Morgan fingerprint density at radius 2 is 2.10 bits per heavy atom. The molecule has 21 heavy (non-hydrogen) atoms. The molecule has 0 amide bonds. The van der Waals surface area contributed by atoms with Crippen molar-refractivity contribution in [3.8, 4) is 0 Å². The number of nitrogens with zero attached hydrogens (tertiary/aromatic N) is 2. The van der Waals surface area contributed by atoms with E-state index in [2.05, 4.69) is 25.8 Å². The minimum atomic E-state index is -3.91. The van der Waals surface area contributed by atoms with Gasteiger partial charge in [-0.1, -0.05) is 0 Å². The minimum Gasteiger partial charge on any atom is -0.396 e. The molecule has 0 saturated heterocycles. The molecule has 6 nitrogen and oxygen atoms in total. The number of hydrogen-bond acceptors (Lipinski definition) is 4. The lowest BCUT2D eigenvalue weighted by Crippen LogP contribution is -2.18. The van der Waals surface area contributed by atoms with Crippen LogP contribution in [0.4, 0.5) is 15.9 Å². The fraction of sp³-hybridized carbons (Fsp3) is 0.250. The van der Waals surface area contributed by atoms with Crippen LogP contribution < -0.4 is 10.5 Å². The number of anilines is 2. The summed E-state index contributed by atoms with van der Waals surface area (Å²) in [5.74, 6) is -0.368. The molecular weight excluding hydrogens is 363 g/mol. The van der Waals surface area contributed by atoms with Crippen LogP contribution in [0.3, 0.4) is 0 Å². The summed E-state index contributed by atoms with van der Waals surface area (Å²) < 4.78 is 42.1. The Balaban J connectivity index is 2.44. The monoisotopic (exact) mass is 376 g/mol. The van der Waals surface area contributed by atoms with E-state index < -0.39 is 15.8 Å². The van der Waals surface area contributed by atoms with Gasteiger partial charge in [0, 0.05) is 16.6 Å². The van der Waals surface area contributed by atoms with Gasteiger partial charge in [-0.05, 0) is 41.9 Å². The summed E-state index contributed by atoms with van der Waals surface area (Å²) in [4.78, 5) is -0.141. The summed E-state index contributed by atoms with van der Waals surface area (Å²) in [7, 11) is -3.91. The summed E-state index contributed by atoms with van der Waals surface area (Å²) in [6, 6.07) is 3.61. The highest BCUT2D eigenvalue weighted by Gasteiger charge is 2.21. The quantitative estimate of drug-likeness (QED) is 0.802. The van der Waals surface area contributed by atoms with E-state index in [9.17, 15) is 12.8 Å². The molecule has 1 aromatic carbocycles. The molecule has 0 aliphatic carbocycles. The Morgan fingerprint density at radius 1 is 1.43 bits per heavy atom. The molecule has 0 atom stereocenters. The van der Waals surface area contributed by atoms with Gasteiger partial charge in [0.2, 0.25) is 0 Å². The molecule has 0 radical (unpaired) electrons. The van der Waals surface area contributed by atoms with Crippen LogP contribution in [0.5, 0.6) is 0 Å². The summed E-state index contributed by atoms with van der Waals surface area (Å²) in [6.07, 6.45) is 1.49. The van der Waals surface area contributed by atoms with Gasteiger partial charge < -0.3 is 5.73 Å². The van der Waals surface area contributed by atoms with Gasteiger partial charge in [-0.3, -0.25) is 4.72 Å². The first-order valence-corrected chi connectivity index (χ1v) is 8.31. The highest BCUT2D eigenvalue weighted by atomic mass is 79.9. The summed E-state index contributed by atoms with van der Waals surface area (Å²) in [5.41, 5.74) is 5.19. The third-order valence-electron chi connectivity index (χ3n) is 2.74. The molecule has 1 heterocycles. The molecule has 114 valence electrons. The van der Waals surface area contributed by atoms with Gasteiger partial charge in [-0.2, -0.15) is 5.10 Å². The van der Waals surface area contributed by atoms with Crippen LogP contribution in [0.2, 0.25) is 0 Å². The van der Waals surface area contributed by atoms with Crippen molar-refractivity contribution in [2.75, 3.05) is 10.5 Å². The van der Waals surface area contributed by atoms with Crippen LogP contribution in [-0.4, -0.2) is 18.2 Å². The Bertz CT molecular complexity index is 774. The molecule has 0 bridgehead atoms. The van der Waals surface area contributed by atoms with E-state index in [0.29, 0.717) is 5.82 Å². The first-order valence-electron chi connectivity index (χ1n) is 6.03. The van der Waals surface area contributed by atoms with E-state index in [0.717, 1.165) is 12.1 Å². The van der Waals surface area contributed by atoms with Gasteiger partial charge in [-0.15, -0.1) is 0 Å². The van der Waals surface area contributed by atoms with E-state index in [-0.39, 0.29) is 21.1 Å². The van der Waals surface area contributed by atoms with Crippen LogP contribution in [0.1, 0.15) is 19.9 Å². The number of rotatable bonds is 4. The molecule has 0 aliphatic heterocycles. The van der Waals surface area contributed by atoms with Gasteiger partial charge in [0.1, 0.15) is 16.5 Å². The van der Waals surface area contributed by atoms with Crippen LogP contribution in [0, 0.1) is 5.82 Å². The molecule has 2 rings (SSSR count). The van der Waals surface area contributed by atoms with Gasteiger partial charge in [0.05, 0.1) is 11.9 Å². The first kappa shape index (κ1) is 15.8. The molecule has 2 aromatic rings. The summed E-state index contributed by atoms with van der Waals surface area (Å²) in [5, 5.41) is 4.04. The average molecular weight is 377 g/mol. The molecule has 0 aliphatic rings. The topological polar surface area (TPSA) is 90.0 Å². The molecular formula is C12H14BrFN4O2S. The van der Waals surface area contributed by atoms with Crippen molar-refractivity contribution in [2.45, 2.75) is 24.8 Å². The molecule has 3 N–H and O–H groups in total. The van der Waals surface area contributed by atoms with Crippen molar-refractivity contribution in [1.82, 2.24) is 9.78 Å². The van der Waals surface area contributed by atoms with E-state index in [4.69, 9.17) is 5.73 Å². The Kier molecular flexibility index (Phi) is 4.24. The van der Waals surface area contributed by atoms with Crippen LogP contribution >= 0.6 is 15.9 Å². The number of nitrogens with one attached hydrogen (secondary N) is 1. The number of aromatic nitrogens is 2. The summed E-state index contributed by atoms with van der Waals surface area (Å²) >= 11 is 3.03. The predicted molar refractivity (Wildman–Crippen MR) is 81.9 cm³/mol. The van der Waals surface area contributed by atoms with Crippen LogP contribution in [-0.2, 0) is 10.0 Å². The SMILES string of the molecule is CC(C)n1nccc1NS(=O)(=O)c1cc(N)c(F)cc1Br. The van der Waals surface area contributed by atoms with E-state index in [1.807, 2.05) is 13.8 Å². The molecule has 1 aromatic heterocycles. The Morgan fingerprint density at radius 3 is 2.71 bits per heavy atom. The normalized spacial score (nSPS) is 11.9. The molecule has 0 spiro atoms. The standard InChI is InChI=1S/C12H14BrFN4O2S/c1-7(2)18-12(3-4-16-18)17-21(19,20)11-6-10(15)9(14)5-8(11)13/h3-7,17H,15H2,1-2H3. The highest BCUT2D eigenvalue weighted by Crippen LogP contribution is 2.28. The fourth-order valence-electron chi connectivity index (χ4n) is 1.75. The number of sulfonamides is 1. The zero-order valence-electron chi connectivity index (χ0n) is 11.3. The number of halogens is 2. The number of hydrogen-bond donors (Lipinski definition) is 2. The maximum Gasteiger partial charge on any atom is 0.264 e. The second-order valence-electron chi connectivity index (χ2n) is 4.66. The molecule has 9 heteroatoms. The first-order chi connectivity index (χ1) is 9.72. The lowest BCUT2D eigenvalue weighted by atomic mass is 10.3. The zero-order valence-corrected chi connectivity index (χ0v) is 13.7. The van der Waals surface area contributed by atoms with Gasteiger partial charge in [0.15, 0.2) is 0 Å². The van der Waals surface area contributed by atoms with Crippen molar-refractivity contribution < 1.29 is 12.8 Å². The zero-order chi connectivity index (χ0) is 15.8. The lowest BCUT2D eigenvalue weighted by molar-refractivity contribution is 0.539. The van der Waals surface area contributed by atoms with Crippen molar-refractivity contribution >= 4 is 37.5 Å². The van der Waals surface area contributed by atoms with Crippen molar-refractivity contribution in [3.63, 3.8) is 0 Å². The maximum absolute atomic E-state index is 13.3. The molecule has 0 unspecified atom stereocenters. The lowest BCUT2D eigenvalue weighted by Gasteiger charge is -2.14. The minimum absolute atomic E-state index is 0.0144. The van der Waals surface area contributed by atoms with E-state index in [1.54, 1.807) is 6.07 Å². The average Bonchev–Trinajstić information content (AvgIpc) is 2.81. The second kappa shape index (κ2) is 5.64. The molecule has 0 fully saturated rings. The summed E-state index contributed by atoms with van der Waals surface area (Å²) in [6.45, 7) is 3.74. The van der Waals surface area contributed by atoms with Crippen molar-refractivity contribution in [2.24, 2.45) is 0 Å². The third kappa shape index (κ3) is 3.18. The second-order valence-corrected chi connectivity index (χ2v) is 7.17. The van der Waals surface area contributed by atoms with E-state index >= 15 is 0 Å². The number of benzene rings is 1. The van der Waals surface area contributed by atoms with Crippen molar-refractivity contribution in [3.05, 3.63) is 34.7 Å². The molecule has 0 saturated carbocycles. The Labute approximate surface area is 130 Å². The van der Waals surface area contributed by atoms with Gasteiger partial charge in [-0.25, -0.2) is 17.5 Å². The fourth-order valence-corrected chi connectivity index (χ4v) is 3.85. The largest absolute Gasteiger partial charge is 0.396 e. The number of nitrogen functional groups attached to an aromatic ring is 1. The smallest absolute Gasteiger partial charge is 0.264 e. The number of nitrogens with two attached hydrogens (primary N) is 1. The maximum atomic E-state index is 13.3. The van der Waals surface area contributed by atoms with Crippen LogP contribution in [0.25, 0.3) is 0 Å². The van der Waals surface area contributed by atoms with Gasteiger partial charge in [0.25, 0.3) is 10.0 Å².